The number of methoxy groups -OCH3 is 1. The molecule has 34 heavy (non-hydrogen) atoms. The molecule has 0 spiro atoms. The Morgan fingerprint density at radius 2 is 1.85 bits per heavy atom. The molecule has 4 rings (SSSR count). The third-order valence-corrected chi connectivity index (χ3v) is 5.89. The molecule has 3 aromatic rings. The zero-order valence-electron chi connectivity index (χ0n) is 17.9. The Kier molecular flexibility index (Phi) is 6.51. The first-order valence-corrected chi connectivity index (χ1v) is 10.9. The number of thioether (sulfide) groups is 1. The van der Waals surface area contributed by atoms with Gasteiger partial charge in [-0.2, -0.15) is 0 Å². The summed E-state index contributed by atoms with van der Waals surface area (Å²) in [6.07, 6.45) is 3.26. The molecule has 2 aromatic carbocycles. The normalized spacial score (nSPS) is 14.5. The molecule has 0 saturated carbocycles. The summed E-state index contributed by atoms with van der Waals surface area (Å²) in [7, 11) is 1.53. The number of nitrogens with one attached hydrogen (secondary N) is 1. The van der Waals surface area contributed by atoms with E-state index in [9.17, 15) is 24.3 Å². The summed E-state index contributed by atoms with van der Waals surface area (Å²) in [5.41, 5.74) is 1.81. The lowest BCUT2D eigenvalue weighted by atomic mass is 10.2. The number of carboxylic acids is 1. The van der Waals surface area contributed by atoms with Crippen molar-refractivity contribution in [1.82, 2.24) is 9.47 Å². The van der Waals surface area contributed by atoms with E-state index in [0.717, 1.165) is 16.7 Å². The van der Waals surface area contributed by atoms with Gasteiger partial charge in [0.2, 0.25) is 5.91 Å². The number of hydrogen-bond donors (Lipinski definition) is 2. The maximum atomic E-state index is 12.8. The number of nitrogens with zero attached hydrogens (tertiary/aromatic N) is 2. The highest BCUT2D eigenvalue weighted by molar-refractivity contribution is 8.18. The lowest BCUT2D eigenvalue weighted by Crippen LogP contribution is -2.36. The number of carbonyl (C=O) groups is 4. The van der Waals surface area contributed by atoms with Crippen LogP contribution in [0.15, 0.2) is 71.8 Å². The van der Waals surface area contributed by atoms with E-state index in [1.54, 1.807) is 65.4 Å². The number of amides is 3. The van der Waals surface area contributed by atoms with Gasteiger partial charge in [-0.1, -0.05) is 6.07 Å². The molecule has 3 amide bonds. The second-order valence-corrected chi connectivity index (χ2v) is 8.20. The second-order valence-electron chi connectivity index (χ2n) is 7.20. The van der Waals surface area contributed by atoms with Crippen LogP contribution in [-0.2, 0) is 9.59 Å². The van der Waals surface area contributed by atoms with E-state index in [4.69, 9.17) is 4.74 Å². The van der Waals surface area contributed by atoms with Gasteiger partial charge in [-0.25, -0.2) is 4.79 Å². The molecule has 0 aliphatic carbocycles. The van der Waals surface area contributed by atoms with E-state index < -0.39 is 29.6 Å². The van der Waals surface area contributed by atoms with Crippen molar-refractivity contribution in [3.8, 4) is 11.4 Å². The van der Waals surface area contributed by atoms with Crippen LogP contribution in [0.5, 0.6) is 5.75 Å². The van der Waals surface area contributed by atoms with E-state index in [1.807, 2.05) is 0 Å². The Bertz CT molecular complexity index is 1310. The molecule has 10 heteroatoms. The average molecular weight is 477 g/mol. The van der Waals surface area contributed by atoms with E-state index >= 15 is 0 Å². The standard InChI is InChI=1S/C24H19N3O6S/c1-33-19-9-7-16(8-10-19)25-21(28)14-27-22(29)20(34-24(27)32)13-18-6-3-11-26(18)17-5-2-4-15(12-17)23(30)31/h2-13H,14H2,1H3,(H,25,28)(H,30,31). The van der Waals surface area contributed by atoms with Gasteiger partial charge >= 0.3 is 5.97 Å². The van der Waals surface area contributed by atoms with Crippen LogP contribution in [0.3, 0.4) is 0 Å². The minimum Gasteiger partial charge on any atom is -0.497 e. The minimum absolute atomic E-state index is 0.125. The molecule has 1 aliphatic heterocycles. The molecule has 0 radical (unpaired) electrons. The molecule has 0 unspecified atom stereocenters. The van der Waals surface area contributed by atoms with Crippen LogP contribution in [0.1, 0.15) is 16.1 Å². The van der Waals surface area contributed by atoms with Gasteiger partial charge in [-0.15, -0.1) is 0 Å². The molecule has 9 nitrogen and oxygen atoms in total. The highest BCUT2D eigenvalue weighted by atomic mass is 32.2. The Hall–Kier alpha value is -4.31. The van der Waals surface area contributed by atoms with Gasteiger partial charge < -0.3 is 19.7 Å². The number of aromatic carboxylic acids is 1. The summed E-state index contributed by atoms with van der Waals surface area (Å²) < 4.78 is 6.78. The zero-order chi connectivity index (χ0) is 24.2. The fourth-order valence-corrected chi connectivity index (χ4v) is 4.15. The molecule has 1 aliphatic rings. The van der Waals surface area contributed by atoms with Crippen molar-refractivity contribution in [2.24, 2.45) is 0 Å². The smallest absolute Gasteiger partial charge is 0.335 e. The molecule has 0 bridgehead atoms. The predicted octanol–water partition coefficient (Wildman–Crippen LogP) is 3.86. The summed E-state index contributed by atoms with van der Waals surface area (Å²) in [5, 5.41) is 11.3. The Morgan fingerprint density at radius 1 is 1.09 bits per heavy atom. The number of carbonyl (C=O) groups excluding carboxylic acids is 3. The van der Waals surface area contributed by atoms with Gasteiger partial charge in [0.1, 0.15) is 12.3 Å². The van der Waals surface area contributed by atoms with Gasteiger partial charge in [0.15, 0.2) is 0 Å². The molecule has 2 heterocycles. The van der Waals surface area contributed by atoms with Crippen LogP contribution >= 0.6 is 11.8 Å². The van der Waals surface area contributed by atoms with Crippen molar-refractivity contribution in [2.75, 3.05) is 19.0 Å². The third kappa shape index (κ3) is 4.86. The predicted molar refractivity (Wildman–Crippen MR) is 127 cm³/mol. The van der Waals surface area contributed by atoms with Crippen molar-refractivity contribution < 1.29 is 29.0 Å². The van der Waals surface area contributed by atoms with E-state index in [2.05, 4.69) is 5.32 Å². The van der Waals surface area contributed by atoms with E-state index in [0.29, 0.717) is 22.8 Å². The molecule has 2 N–H and O–H groups in total. The first-order chi connectivity index (χ1) is 16.4. The van der Waals surface area contributed by atoms with Gasteiger partial charge in [-0.3, -0.25) is 19.3 Å². The number of imide groups is 1. The molecule has 0 atom stereocenters. The molecule has 1 fully saturated rings. The first-order valence-electron chi connectivity index (χ1n) is 10.1. The monoisotopic (exact) mass is 477 g/mol. The number of benzene rings is 2. The van der Waals surface area contributed by atoms with Crippen LogP contribution in [0.4, 0.5) is 10.5 Å². The van der Waals surface area contributed by atoms with E-state index in [-0.39, 0.29) is 10.5 Å². The maximum Gasteiger partial charge on any atom is 0.335 e. The number of carboxylic acid groups (broad SMARTS) is 1. The molecular formula is C24H19N3O6S. The zero-order valence-corrected chi connectivity index (χ0v) is 18.7. The fraction of sp³-hybridized carbons (Fsp3) is 0.0833. The minimum atomic E-state index is -1.05. The van der Waals surface area contributed by atoms with Crippen LogP contribution in [0.2, 0.25) is 0 Å². The molecular weight excluding hydrogens is 458 g/mol. The SMILES string of the molecule is COc1ccc(NC(=O)CN2C(=O)SC(=Cc3cccn3-c3cccc(C(=O)O)c3)C2=O)cc1. The number of hydrogen-bond acceptors (Lipinski definition) is 6. The van der Waals surface area contributed by atoms with E-state index in [1.165, 1.54) is 19.2 Å². The van der Waals surface area contributed by atoms with Gasteiger partial charge in [0.25, 0.3) is 11.1 Å². The highest BCUT2D eigenvalue weighted by Crippen LogP contribution is 2.32. The van der Waals surface area contributed by atoms with Gasteiger partial charge in [0, 0.05) is 23.3 Å². The van der Waals surface area contributed by atoms with Gasteiger partial charge in [0.05, 0.1) is 17.6 Å². The summed E-state index contributed by atoms with van der Waals surface area (Å²) >= 11 is 0.740. The molecule has 1 aromatic heterocycles. The van der Waals surface area contributed by atoms with Crippen LogP contribution in [0.25, 0.3) is 11.8 Å². The van der Waals surface area contributed by atoms with Crippen LogP contribution in [0, 0.1) is 0 Å². The van der Waals surface area contributed by atoms with Crippen molar-refractivity contribution >= 4 is 46.5 Å². The lowest BCUT2D eigenvalue weighted by molar-refractivity contribution is -0.127. The highest BCUT2D eigenvalue weighted by Gasteiger charge is 2.36. The fourth-order valence-electron chi connectivity index (χ4n) is 3.32. The van der Waals surface area contributed by atoms with Crippen molar-refractivity contribution in [1.29, 1.82) is 0 Å². The van der Waals surface area contributed by atoms with Crippen LogP contribution in [-0.4, -0.2) is 51.3 Å². The Balaban J connectivity index is 1.49. The summed E-state index contributed by atoms with van der Waals surface area (Å²) in [5.74, 6) is -1.51. The summed E-state index contributed by atoms with van der Waals surface area (Å²) in [6.45, 7) is -0.421. The second kappa shape index (κ2) is 9.67. The average Bonchev–Trinajstić information content (AvgIpc) is 3.39. The van der Waals surface area contributed by atoms with Crippen molar-refractivity contribution in [3.63, 3.8) is 0 Å². The summed E-state index contributed by atoms with van der Waals surface area (Å²) in [4.78, 5) is 50.0. The van der Waals surface area contributed by atoms with Crippen molar-refractivity contribution in [3.05, 3.63) is 83.0 Å². The first kappa shape index (κ1) is 22.9. The Morgan fingerprint density at radius 3 is 2.56 bits per heavy atom. The lowest BCUT2D eigenvalue weighted by Gasteiger charge is -2.12. The third-order valence-electron chi connectivity index (χ3n) is 4.98. The number of aromatic nitrogens is 1. The number of rotatable bonds is 7. The van der Waals surface area contributed by atoms with Crippen molar-refractivity contribution in [2.45, 2.75) is 0 Å². The largest absolute Gasteiger partial charge is 0.497 e. The molecule has 1 saturated heterocycles. The van der Waals surface area contributed by atoms with Gasteiger partial charge in [-0.05, 0) is 72.4 Å². The summed E-state index contributed by atoms with van der Waals surface area (Å²) in [6, 6.07) is 16.5. The van der Waals surface area contributed by atoms with Crippen LogP contribution < -0.4 is 10.1 Å². The topological polar surface area (TPSA) is 118 Å². The number of anilines is 1. The number of ether oxygens (including phenoxy) is 1. The Labute approximate surface area is 198 Å². The molecule has 172 valence electrons. The maximum absolute atomic E-state index is 12.8. The quantitative estimate of drug-likeness (QED) is 0.496.